The van der Waals surface area contributed by atoms with Gasteiger partial charge in [-0.3, -0.25) is 4.79 Å². The van der Waals surface area contributed by atoms with Crippen molar-refractivity contribution in [3.05, 3.63) is 52.3 Å². The molecule has 2 aromatic rings. The molecule has 1 aromatic heterocycles. The third-order valence-corrected chi connectivity index (χ3v) is 4.54. The molecule has 22 heavy (non-hydrogen) atoms. The van der Waals surface area contributed by atoms with Gasteiger partial charge in [-0.1, -0.05) is 15.9 Å². The summed E-state index contributed by atoms with van der Waals surface area (Å²) >= 11 is 3.55. The number of carbonyl (C=O) groups is 1. The number of aromatic nitrogens is 1. The molecule has 0 saturated heterocycles. The first-order chi connectivity index (χ1) is 10.5. The number of rotatable bonds is 2. The number of hydrogen-bond acceptors (Lipinski definition) is 2. The Morgan fingerprint density at radius 3 is 3.00 bits per heavy atom. The maximum Gasteiger partial charge on any atom is 0.154 e. The van der Waals surface area contributed by atoms with Crippen LogP contribution in [0.3, 0.4) is 0 Å². The lowest BCUT2D eigenvalue weighted by molar-refractivity contribution is -0.112. The Hall–Kier alpha value is -1.81. The summed E-state index contributed by atoms with van der Waals surface area (Å²) in [5.74, 6) is 0.0843. The van der Waals surface area contributed by atoms with Crippen LogP contribution in [-0.2, 0) is 4.79 Å². The van der Waals surface area contributed by atoms with Crippen LogP contribution < -0.4 is 0 Å². The molecule has 0 amide bonds. The monoisotopic (exact) mass is 358 g/mol. The molecule has 3 rings (SSSR count). The standard InChI is InChI=1S/C18H19BrN2O/c1-12(22)8-15-9-13(4-3-7-21(15)2)17-11-20-18-6-5-14(19)10-16(17)18/h5-6,8-11,20H,3-4,7H2,1-2H3/b15-8+. The zero-order valence-electron chi connectivity index (χ0n) is 12.8. The van der Waals surface area contributed by atoms with Crippen LogP contribution in [0.4, 0.5) is 0 Å². The Morgan fingerprint density at radius 2 is 2.23 bits per heavy atom. The Morgan fingerprint density at radius 1 is 1.41 bits per heavy atom. The molecule has 1 aliphatic rings. The minimum atomic E-state index is 0.0843. The van der Waals surface area contributed by atoms with Crippen molar-refractivity contribution in [3.8, 4) is 0 Å². The summed E-state index contributed by atoms with van der Waals surface area (Å²) in [5.41, 5.74) is 4.63. The van der Waals surface area contributed by atoms with Gasteiger partial charge in [0.05, 0.1) is 0 Å². The molecule has 0 spiro atoms. The van der Waals surface area contributed by atoms with Gasteiger partial charge in [0, 0.05) is 52.5 Å². The summed E-state index contributed by atoms with van der Waals surface area (Å²) in [5, 5.41) is 1.22. The number of benzene rings is 1. The van der Waals surface area contributed by atoms with E-state index in [9.17, 15) is 4.79 Å². The van der Waals surface area contributed by atoms with Crippen molar-refractivity contribution in [2.45, 2.75) is 19.8 Å². The summed E-state index contributed by atoms with van der Waals surface area (Å²) < 4.78 is 1.08. The molecular formula is C18H19BrN2O. The first kappa shape index (κ1) is 15.1. The molecule has 0 saturated carbocycles. The zero-order chi connectivity index (χ0) is 15.7. The summed E-state index contributed by atoms with van der Waals surface area (Å²) in [6, 6.07) is 6.27. The number of carbonyl (C=O) groups excluding carboxylic acids is 1. The van der Waals surface area contributed by atoms with Crippen LogP contribution in [0.2, 0.25) is 0 Å². The lowest BCUT2D eigenvalue weighted by Gasteiger charge is -2.17. The highest BCUT2D eigenvalue weighted by Crippen LogP contribution is 2.32. The quantitative estimate of drug-likeness (QED) is 0.801. The van der Waals surface area contributed by atoms with Gasteiger partial charge in [-0.25, -0.2) is 0 Å². The average molecular weight is 359 g/mol. The Labute approximate surface area is 138 Å². The molecule has 0 atom stereocenters. The molecule has 114 valence electrons. The highest BCUT2D eigenvalue weighted by molar-refractivity contribution is 9.10. The fourth-order valence-electron chi connectivity index (χ4n) is 2.93. The van der Waals surface area contributed by atoms with E-state index < -0.39 is 0 Å². The van der Waals surface area contributed by atoms with Gasteiger partial charge in [-0.2, -0.15) is 0 Å². The van der Waals surface area contributed by atoms with E-state index in [1.54, 1.807) is 13.0 Å². The van der Waals surface area contributed by atoms with Crippen LogP contribution in [0, 0.1) is 0 Å². The second kappa shape index (κ2) is 6.13. The van der Waals surface area contributed by atoms with E-state index in [-0.39, 0.29) is 5.78 Å². The summed E-state index contributed by atoms with van der Waals surface area (Å²) in [4.78, 5) is 17.0. The molecule has 0 bridgehead atoms. The fraction of sp³-hybridized carbons (Fsp3) is 0.278. The Balaban J connectivity index is 2.11. The van der Waals surface area contributed by atoms with E-state index in [1.165, 1.54) is 16.5 Å². The first-order valence-electron chi connectivity index (χ1n) is 7.45. The molecule has 0 unspecified atom stereocenters. The molecule has 0 fully saturated rings. The maximum atomic E-state index is 11.5. The largest absolute Gasteiger partial charge is 0.374 e. The molecule has 3 nitrogen and oxygen atoms in total. The number of nitrogens with zero attached hydrogens (tertiary/aromatic N) is 1. The molecule has 2 heterocycles. The number of H-pyrrole nitrogens is 1. The average Bonchev–Trinajstić information content (AvgIpc) is 2.79. The van der Waals surface area contributed by atoms with Gasteiger partial charge < -0.3 is 9.88 Å². The van der Waals surface area contributed by atoms with Gasteiger partial charge in [0.2, 0.25) is 0 Å². The summed E-state index contributed by atoms with van der Waals surface area (Å²) in [6.07, 6.45) is 8.03. The summed E-state index contributed by atoms with van der Waals surface area (Å²) in [6.45, 7) is 2.56. The van der Waals surface area contributed by atoms with Crippen LogP contribution in [0.1, 0.15) is 25.3 Å². The number of ketones is 1. The van der Waals surface area contributed by atoms with E-state index in [0.29, 0.717) is 0 Å². The number of halogens is 1. The highest BCUT2D eigenvalue weighted by atomic mass is 79.9. The smallest absolute Gasteiger partial charge is 0.154 e. The SMILES string of the molecule is CC(=O)/C=C1\C=C(c2c[nH]c3ccc(Br)cc23)CCCN1C. The number of aromatic amines is 1. The van der Waals surface area contributed by atoms with Crippen LogP contribution in [0.5, 0.6) is 0 Å². The van der Waals surface area contributed by atoms with Crippen LogP contribution >= 0.6 is 15.9 Å². The second-order valence-corrected chi connectivity index (χ2v) is 6.68. The van der Waals surface area contributed by atoms with E-state index in [4.69, 9.17) is 0 Å². The van der Waals surface area contributed by atoms with Gasteiger partial charge in [-0.05, 0) is 49.6 Å². The predicted molar refractivity (Wildman–Crippen MR) is 94.6 cm³/mol. The number of hydrogen-bond donors (Lipinski definition) is 1. The van der Waals surface area contributed by atoms with Gasteiger partial charge >= 0.3 is 0 Å². The van der Waals surface area contributed by atoms with Gasteiger partial charge in [-0.15, -0.1) is 0 Å². The van der Waals surface area contributed by atoms with Crippen LogP contribution in [0.25, 0.3) is 16.5 Å². The molecule has 0 aliphatic carbocycles. The van der Waals surface area contributed by atoms with Crippen molar-refractivity contribution in [3.63, 3.8) is 0 Å². The van der Waals surface area contributed by atoms with Gasteiger partial charge in [0.25, 0.3) is 0 Å². The number of fused-ring (bicyclic) bond motifs is 1. The molecular weight excluding hydrogens is 340 g/mol. The van der Waals surface area contributed by atoms with Crippen molar-refractivity contribution in [1.82, 2.24) is 9.88 Å². The van der Waals surface area contributed by atoms with Crippen LogP contribution in [0.15, 0.2) is 46.7 Å². The minimum Gasteiger partial charge on any atom is -0.374 e. The second-order valence-electron chi connectivity index (χ2n) is 5.77. The van der Waals surface area contributed by atoms with Crippen molar-refractivity contribution >= 4 is 38.2 Å². The van der Waals surface area contributed by atoms with Crippen molar-refractivity contribution in [1.29, 1.82) is 0 Å². The Bertz CT molecular complexity index is 785. The van der Waals surface area contributed by atoms with Crippen molar-refractivity contribution in [2.75, 3.05) is 13.6 Å². The predicted octanol–water partition coefficient (Wildman–Crippen LogP) is 4.51. The lowest BCUT2D eigenvalue weighted by atomic mass is 10.00. The molecule has 1 aromatic carbocycles. The van der Waals surface area contributed by atoms with E-state index in [1.807, 2.05) is 13.1 Å². The lowest BCUT2D eigenvalue weighted by Crippen LogP contribution is -2.17. The minimum absolute atomic E-state index is 0.0843. The van der Waals surface area contributed by atoms with E-state index in [2.05, 4.69) is 50.2 Å². The zero-order valence-corrected chi connectivity index (χ0v) is 14.4. The Kier molecular flexibility index (Phi) is 4.21. The number of likely N-dealkylation sites (N-methyl/N-ethyl adjacent to an activating group) is 1. The molecule has 0 radical (unpaired) electrons. The van der Waals surface area contributed by atoms with Crippen molar-refractivity contribution < 1.29 is 4.79 Å². The highest BCUT2D eigenvalue weighted by Gasteiger charge is 2.15. The van der Waals surface area contributed by atoms with Gasteiger partial charge in [0.1, 0.15) is 0 Å². The maximum absolute atomic E-state index is 11.5. The third kappa shape index (κ3) is 3.02. The summed E-state index contributed by atoms with van der Waals surface area (Å²) in [7, 11) is 2.04. The van der Waals surface area contributed by atoms with Gasteiger partial charge in [0.15, 0.2) is 5.78 Å². The third-order valence-electron chi connectivity index (χ3n) is 4.04. The molecule has 1 aliphatic heterocycles. The van der Waals surface area contributed by atoms with E-state index in [0.717, 1.165) is 35.1 Å². The van der Waals surface area contributed by atoms with Crippen LogP contribution in [-0.4, -0.2) is 29.3 Å². The molecule has 1 N–H and O–H groups in total. The van der Waals surface area contributed by atoms with E-state index >= 15 is 0 Å². The topological polar surface area (TPSA) is 36.1 Å². The number of allylic oxidation sites excluding steroid dienone is 3. The number of nitrogens with one attached hydrogen (secondary N) is 1. The first-order valence-corrected chi connectivity index (χ1v) is 8.25. The van der Waals surface area contributed by atoms with Crippen molar-refractivity contribution in [2.24, 2.45) is 0 Å². The normalized spacial score (nSPS) is 17.7. The fourth-order valence-corrected chi connectivity index (χ4v) is 3.29. The molecule has 4 heteroatoms.